The minimum atomic E-state index is -0.266. The van der Waals surface area contributed by atoms with Crippen LogP contribution in [0.5, 0.6) is 0 Å². The third-order valence-electron chi connectivity index (χ3n) is 2.52. The van der Waals surface area contributed by atoms with Gasteiger partial charge < -0.3 is 0 Å². The standard InChI is InChI=1S/C13H11BrClFS/c1-2-9-4-6-12(17-9)13(15)8-3-5-11(16)10(14)7-8/h3-7,13H,2H2,1H3. The summed E-state index contributed by atoms with van der Waals surface area (Å²) in [5.41, 5.74) is 0.907. The Bertz CT molecular complexity index is 524. The lowest BCUT2D eigenvalue weighted by Crippen LogP contribution is -1.91. The smallest absolute Gasteiger partial charge is 0.137 e. The topological polar surface area (TPSA) is 0 Å². The van der Waals surface area contributed by atoms with E-state index < -0.39 is 0 Å². The number of hydrogen-bond donors (Lipinski definition) is 0. The summed E-state index contributed by atoms with van der Waals surface area (Å²) in [6.07, 6.45) is 1.02. The van der Waals surface area contributed by atoms with Crippen LogP contribution in [0.25, 0.3) is 0 Å². The number of aryl methyl sites for hydroxylation is 1. The molecule has 0 amide bonds. The van der Waals surface area contributed by atoms with Crippen LogP contribution in [-0.4, -0.2) is 0 Å². The molecule has 0 aliphatic carbocycles. The van der Waals surface area contributed by atoms with Crippen molar-refractivity contribution in [3.63, 3.8) is 0 Å². The van der Waals surface area contributed by atoms with Gasteiger partial charge in [0.15, 0.2) is 0 Å². The van der Waals surface area contributed by atoms with E-state index in [1.807, 2.05) is 6.07 Å². The molecule has 2 rings (SSSR count). The number of hydrogen-bond acceptors (Lipinski definition) is 1. The SMILES string of the molecule is CCc1ccc(C(Cl)c2ccc(F)c(Br)c2)s1. The molecule has 0 aliphatic rings. The largest absolute Gasteiger partial charge is 0.206 e. The summed E-state index contributed by atoms with van der Waals surface area (Å²) < 4.78 is 13.6. The predicted octanol–water partition coefficient (Wildman–Crippen LogP) is 5.54. The Morgan fingerprint density at radius 3 is 2.71 bits per heavy atom. The van der Waals surface area contributed by atoms with Crippen LogP contribution in [-0.2, 0) is 6.42 Å². The second-order valence-electron chi connectivity index (χ2n) is 3.69. The Hall–Kier alpha value is -0.380. The summed E-state index contributed by atoms with van der Waals surface area (Å²) >= 11 is 11.3. The summed E-state index contributed by atoms with van der Waals surface area (Å²) in [4.78, 5) is 2.41. The Morgan fingerprint density at radius 2 is 2.12 bits per heavy atom. The van der Waals surface area contributed by atoms with Gasteiger partial charge in [0.05, 0.1) is 9.85 Å². The predicted molar refractivity (Wildman–Crippen MR) is 75.5 cm³/mol. The van der Waals surface area contributed by atoms with Gasteiger partial charge in [-0.05, 0) is 52.2 Å². The molecule has 0 fully saturated rings. The number of halogens is 3. The molecule has 0 N–H and O–H groups in total. The average molecular weight is 334 g/mol. The molecule has 0 spiro atoms. The lowest BCUT2D eigenvalue weighted by molar-refractivity contribution is 0.620. The summed E-state index contributed by atoms with van der Waals surface area (Å²) in [5, 5.41) is -0.211. The molecule has 17 heavy (non-hydrogen) atoms. The van der Waals surface area contributed by atoms with Crippen LogP contribution in [0.4, 0.5) is 4.39 Å². The number of benzene rings is 1. The fourth-order valence-electron chi connectivity index (χ4n) is 1.56. The second-order valence-corrected chi connectivity index (χ2v) is 6.18. The molecule has 1 heterocycles. The van der Waals surface area contributed by atoms with Crippen molar-refractivity contribution in [1.29, 1.82) is 0 Å². The summed E-state index contributed by atoms with van der Waals surface area (Å²) in [5.74, 6) is -0.266. The van der Waals surface area contributed by atoms with Crippen molar-refractivity contribution < 1.29 is 4.39 Å². The van der Waals surface area contributed by atoms with Crippen molar-refractivity contribution >= 4 is 38.9 Å². The molecule has 1 aromatic heterocycles. The Morgan fingerprint density at radius 1 is 1.35 bits per heavy atom. The number of thiophene rings is 1. The lowest BCUT2D eigenvalue weighted by atomic mass is 10.1. The van der Waals surface area contributed by atoms with Crippen LogP contribution >= 0.6 is 38.9 Å². The van der Waals surface area contributed by atoms with Crippen LogP contribution in [0.3, 0.4) is 0 Å². The average Bonchev–Trinajstić information content (AvgIpc) is 2.80. The van der Waals surface area contributed by atoms with Crippen LogP contribution in [0, 0.1) is 5.82 Å². The first-order chi connectivity index (χ1) is 8.11. The fourth-order valence-corrected chi connectivity index (χ4v) is 3.25. The second kappa shape index (κ2) is 5.51. The lowest BCUT2D eigenvalue weighted by Gasteiger charge is -2.08. The van der Waals surface area contributed by atoms with Gasteiger partial charge in [0.1, 0.15) is 5.82 Å². The van der Waals surface area contributed by atoms with Crippen LogP contribution in [0.1, 0.15) is 27.6 Å². The first-order valence-electron chi connectivity index (χ1n) is 5.29. The molecule has 1 atom stereocenters. The fraction of sp³-hybridized carbons (Fsp3) is 0.231. The van der Waals surface area contributed by atoms with Gasteiger partial charge in [-0.1, -0.05) is 13.0 Å². The minimum absolute atomic E-state index is 0.211. The molecule has 0 bridgehead atoms. The van der Waals surface area contributed by atoms with Crippen molar-refractivity contribution in [2.75, 3.05) is 0 Å². The highest BCUT2D eigenvalue weighted by Gasteiger charge is 2.14. The van der Waals surface area contributed by atoms with Gasteiger partial charge in [-0.15, -0.1) is 22.9 Å². The first-order valence-corrected chi connectivity index (χ1v) is 7.34. The van der Waals surface area contributed by atoms with Gasteiger partial charge in [-0.25, -0.2) is 4.39 Å². The van der Waals surface area contributed by atoms with E-state index in [1.54, 1.807) is 23.5 Å². The quantitative estimate of drug-likeness (QED) is 0.647. The van der Waals surface area contributed by atoms with Gasteiger partial charge in [-0.3, -0.25) is 0 Å². The van der Waals surface area contributed by atoms with E-state index in [0.29, 0.717) is 4.47 Å². The van der Waals surface area contributed by atoms with Crippen molar-refractivity contribution in [2.24, 2.45) is 0 Å². The highest BCUT2D eigenvalue weighted by atomic mass is 79.9. The highest BCUT2D eigenvalue weighted by Crippen LogP contribution is 2.35. The monoisotopic (exact) mass is 332 g/mol. The molecule has 90 valence electrons. The Kier molecular flexibility index (Phi) is 4.23. The van der Waals surface area contributed by atoms with Crippen molar-refractivity contribution in [1.82, 2.24) is 0 Å². The van der Waals surface area contributed by atoms with E-state index in [2.05, 4.69) is 28.9 Å². The van der Waals surface area contributed by atoms with E-state index in [4.69, 9.17) is 11.6 Å². The van der Waals surface area contributed by atoms with E-state index in [9.17, 15) is 4.39 Å². The first kappa shape index (κ1) is 13.1. The molecular weight excluding hydrogens is 323 g/mol. The van der Waals surface area contributed by atoms with E-state index in [0.717, 1.165) is 16.9 Å². The third kappa shape index (κ3) is 2.90. The maximum Gasteiger partial charge on any atom is 0.137 e. The van der Waals surface area contributed by atoms with Gasteiger partial charge in [-0.2, -0.15) is 0 Å². The zero-order chi connectivity index (χ0) is 12.4. The molecule has 2 aromatic rings. The van der Waals surface area contributed by atoms with Crippen LogP contribution in [0.15, 0.2) is 34.8 Å². The molecule has 4 heteroatoms. The zero-order valence-electron chi connectivity index (χ0n) is 9.21. The van der Waals surface area contributed by atoms with Crippen molar-refractivity contribution in [2.45, 2.75) is 18.7 Å². The molecule has 0 nitrogen and oxygen atoms in total. The van der Waals surface area contributed by atoms with E-state index in [-0.39, 0.29) is 11.2 Å². The highest BCUT2D eigenvalue weighted by molar-refractivity contribution is 9.10. The van der Waals surface area contributed by atoms with Crippen LogP contribution in [0.2, 0.25) is 0 Å². The van der Waals surface area contributed by atoms with Gasteiger partial charge in [0, 0.05) is 9.75 Å². The Labute approximate surface area is 118 Å². The zero-order valence-corrected chi connectivity index (χ0v) is 12.4. The summed E-state index contributed by atoms with van der Waals surface area (Å²) in [6.45, 7) is 2.12. The van der Waals surface area contributed by atoms with Gasteiger partial charge in [0.25, 0.3) is 0 Å². The van der Waals surface area contributed by atoms with Gasteiger partial charge in [0.2, 0.25) is 0 Å². The molecule has 0 saturated carbocycles. The minimum Gasteiger partial charge on any atom is -0.206 e. The molecular formula is C13H11BrClFS. The molecule has 0 aliphatic heterocycles. The normalized spacial score (nSPS) is 12.7. The van der Waals surface area contributed by atoms with Crippen LogP contribution < -0.4 is 0 Å². The summed E-state index contributed by atoms with van der Waals surface area (Å²) in [7, 11) is 0. The van der Waals surface area contributed by atoms with Gasteiger partial charge >= 0.3 is 0 Å². The summed E-state index contributed by atoms with van der Waals surface area (Å²) in [6, 6.07) is 9.02. The number of rotatable bonds is 3. The number of alkyl halides is 1. The molecule has 1 unspecified atom stereocenters. The third-order valence-corrected chi connectivity index (χ3v) is 5.04. The molecule has 1 aromatic carbocycles. The maximum absolute atomic E-state index is 13.1. The molecule has 0 saturated heterocycles. The van der Waals surface area contributed by atoms with Crippen molar-refractivity contribution in [3.8, 4) is 0 Å². The maximum atomic E-state index is 13.1. The van der Waals surface area contributed by atoms with E-state index in [1.165, 1.54) is 10.9 Å². The Balaban J connectivity index is 2.29. The van der Waals surface area contributed by atoms with Crippen molar-refractivity contribution in [3.05, 3.63) is 55.9 Å². The van der Waals surface area contributed by atoms with E-state index >= 15 is 0 Å². The molecule has 0 radical (unpaired) electrons.